The zero-order valence-electron chi connectivity index (χ0n) is 15.1. The number of hydrogen-bond donors (Lipinski definition) is 1. The Balaban J connectivity index is 1.60. The molecule has 2 aromatic rings. The van der Waals surface area contributed by atoms with E-state index in [1.165, 1.54) is 10.5 Å². The fraction of sp³-hybridized carbons (Fsp3) is 0.350. The zero-order valence-corrected chi connectivity index (χ0v) is 16.7. The summed E-state index contributed by atoms with van der Waals surface area (Å²) in [7, 11) is 3.31. The first-order valence-corrected chi connectivity index (χ1v) is 9.49. The van der Waals surface area contributed by atoms with Crippen molar-refractivity contribution in [1.29, 1.82) is 0 Å². The van der Waals surface area contributed by atoms with Crippen LogP contribution in [-0.2, 0) is 6.54 Å². The number of carbonyl (C=O) groups is 1. The summed E-state index contributed by atoms with van der Waals surface area (Å²) in [6.45, 7) is 4.24. The summed E-state index contributed by atoms with van der Waals surface area (Å²) in [6.07, 6.45) is 0. The molecule has 1 saturated heterocycles. The van der Waals surface area contributed by atoms with E-state index in [1.807, 2.05) is 35.2 Å². The van der Waals surface area contributed by atoms with Crippen LogP contribution in [0.3, 0.4) is 0 Å². The minimum absolute atomic E-state index is 0.0722. The second-order valence-corrected chi connectivity index (χ2v) is 7.32. The number of halogens is 1. The van der Waals surface area contributed by atoms with Crippen molar-refractivity contribution >= 4 is 21.8 Å². The lowest BCUT2D eigenvalue weighted by atomic mass is 10.1. The van der Waals surface area contributed by atoms with Gasteiger partial charge in [-0.3, -0.25) is 4.79 Å². The van der Waals surface area contributed by atoms with Gasteiger partial charge >= 0.3 is 0 Å². The van der Waals surface area contributed by atoms with Crippen molar-refractivity contribution in [2.45, 2.75) is 6.54 Å². The molecular formula is C20H24BrN2O3+. The fourth-order valence-corrected chi connectivity index (χ4v) is 3.70. The molecule has 1 amide bonds. The molecule has 0 bridgehead atoms. The second kappa shape index (κ2) is 8.56. The lowest BCUT2D eigenvalue weighted by Gasteiger charge is -2.32. The van der Waals surface area contributed by atoms with Crippen LogP contribution in [0.5, 0.6) is 11.5 Å². The van der Waals surface area contributed by atoms with Crippen molar-refractivity contribution in [2.24, 2.45) is 0 Å². The first-order valence-electron chi connectivity index (χ1n) is 8.70. The molecule has 1 fully saturated rings. The number of methoxy groups -OCH3 is 2. The number of carbonyl (C=O) groups excluding carboxylic acids is 1. The van der Waals surface area contributed by atoms with Crippen molar-refractivity contribution in [3.63, 3.8) is 0 Å². The van der Waals surface area contributed by atoms with Gasteiger partial charge in [-0.2, -0.15) is 0 Å². The van der Waals surface area contributed by atoms with E-state index >= 15 is 0 Å². The highest BCUT2D eigenvalue weighted by atomic mass is 79.9. The third kappa shape index (κ3) is 4.37. The van der Waals surface area contributed by atoms with Crippen molar-refractivity contribution in [2.75, 3.05) is 40.4 Å². The molecule has 0 aromatic heterocycles. The molecule has 1 heterocycles. The highest BCUT2D eigenvalue weighted by Gasteiger charge is 2.25. The molecule has 5 nitrogen and oxygen atoms in total. The number of benzene rings is 2. The summed E-state index contributed by atoms with van der Waals surface area (Å²) < 4.78 is 11.7. The van der Waals surface area contributed by atoms with Crippen molar-refractivity contribution < 1.29 is 19.2 Å². The van der Waals surface area contributed by atoms with E-state index in [1.54, 1.807) is 20.3 Å². The SMILES string of the molecule is COc1cccc(C(=O)N2CC[NH+](Cc3cc(Br)ccc3OC)CC2)c1. The Bertz CT molecular complexity index is 773. The van der Waals surface area contributed by atoms with Crippen molar-refractivity contribution in [3.05, 3.63) is 58.1 Å². The van der Waals surface area contributed by atoms with Crippen LogP contribution in [0.2, 0.25) is 0 Å². The molecule has 6 heteroatoms. The van der Waals surface area contributed by atoms with E-state index in [0.29, 0.717) is 11.3 Å². The summed E-state index contributed by atoms with van der Waals surface area (Å²) in [5.74, 6) is 1.69. The van der Waals surface area contributed by atoms with Gasteiger partial charge in [0.1, 0.15) is 18.0 Å². The summed E-state index contributed by atoms with van der Waals surface area (Å²) in [5.41, 5.74) is 1.87. The Hall–Kier alpha value is -2.05. The molecule has 26 heavy (non-hydrogen) atoms. The molecule has 1 N–H and O–H groups in total. The minimum Gasteiger partial charge on any atom is -0.497 e. The van der Waals surface area contributed by atoms with Gasteiger partial charge in [0, 0.05) is 15.6 Å². The molecule has 1 aliphatic rings. The minimum atomic E-state index is 0.0722. The zero-order chi connectivity index (χ0) is 18.5. The molecule has 0 aliphatic carbocycles. The molecule has 0 radical (unpaired) electrons. The van der Waals surface area contributed by atoms with Crippen molar-refractivity contribution in [3.8, 4) is 11.5 Å². The maximum Gasteiger partial charge on any atom is 0.254 e. The van der Waals surface area contributed by atoms with Gasteiger partial charge in [0.15, 0.2) is 0 Å². The summed E-state index contributed by atoms with van der Waals surface area (Å²) in [4.78, 5) is 16.1. The van der Waals surface area contributed by atoms with Crippen LogP contribution in [0.1, 0.15) is 15.9 Å². The molecule has 1 aliphatic heterocycles. The number of nitrogens with one attached hydrogen (secondary N) is 1. The normalized spacial score (nSPS) is 15.0. The summed E-state index contributed by atoms with van der Waals surface area (Å²) >= 11 is 3.53. The molecule has 0 spiro atoms. The number of nitrogens with zero attached hydrogens (tertiary/aromatic N) is 1. The molecule has 0 saturated carbocycles. The largest absolute Gasteiger partial charge is 0.497 e. The van der Waals surface area contributed by atoms with Gasteiger partial charge in [0.05, 0.1) is 40.4 Å². The summed E-state index contributed by atoms with van der Waals surface area (Å²) in [5, 5.41) is 0. The van der Waals surface area contributed by atoms with Crippen LogP contribution < -0.4 is 14.4 Å². The Morgan fingerprint density at radius 1 is 1.12 bits per heavy atom. The highest BCUT2D eigenvalue weighted by Crippen LogP contribution is 2.22. The van der Waals surface area contributed by atoms with E-state index < -0.39 is 0 Å². The molecule has 3 rings (SSSR count). The lowest BCUT2D eigenvalue weighted by Crippen LogP contribution is -3.13. The molecule has 2 aromatic carbocycles. The predicted molar refractivity (Wildman–Crippen MR) is 104 cm³/mol. The fourth-order valence-electron chi connectivity index (χ4n) is 3.30. The Morgan fingerprint density at radius 3 is 2.58 bits per heavy atom. The van der Waals surface area contributed by atoms with E-state index in [9.17, 15) is 4.79 Å². The van der Waals surface area contributed by atoms with Gasteiger partial charge in [-0.25, -0.2) is 0 Å². The number of piperazine rings is 1. The maximum atomic E-state index is 12.7. The van der Waals surface area contributed by atoms with Gasteiger partial charge in [0.2, 0.25) is 0 Å². The lowest BCUT2D eigenvalue weighted by molar-refractivity contribution is -0.917. The molecular weight excluding hydrogens is 396 g/mol. The number of quaternary nitrogens is 1. The van der Waals surface area contributed by atoms with E-state index in [0.717, 1.165) is 42.9 Å². The first kappa shape index (κ1) is 18.7. The maximum absolute atomic E-state index is 12.7. The van der Waals surface area contributed by atoms with Gasteiger partial charge in [-0.1, -0.05) is 22.0 Å². The predicted octanol–water partition coefficient (Wildman–Crippen LogP) is 2.01. The third-order valence-electron chi connectivity index (χ3n) is 4.76. The van der Waals surface area contributed by atoms with Crippen LogP contribution in [0.15, 0.2) is 46.9 Å². The smallest absolute Gasteiger partial charge is 0.254 e. The standard InChI is InChI=1S/C20H23BrN2O3/c1-25-18-5-3-4-15(13-18)20(24)23-10-8-22(9-11-23)14-16-12-17(21)6-7-19(16)26-2/h3-7,12-13H,8-11,14H2,1-2H3/p+1. The van der Waals surface area contributed by atoms with Crippen LogP contribution in [0.4, 0.5) is 0 Å². The summed E-state index contributed by atoms with van der Waals surface area (Å²) in [6, 6.07) is 13.4. The monoisotopic (exact) mass is 419 g/mol. The van der Waals surface area contributed by atoms with Crippen molar-refractivity contribution in [1.82, 2.24) is 4.90 Å². The quantitative estimate of drug-likeness (QED) is 0.805. The second-order valence-electron chi connectivity index (χ2n) is 6.41. The van der Waals surface area contributed by atoms with Gasteiger partial charge < -0.3 is 19.3 Å². The average molecular weight is 420 g/mol. The molecule has 0 atom stereocenters. The topological polar surface area (TPSA) is 43.2 Å². The first-order chi connectivity index (χ1) is 12.6. The number of ether oxygens (including phenoxy) is 2. The molecule has 0 unspecified atom stereocenters. The van der Waals surface area contributed by atoms with E-state index in [2.05, 4.69) is 22.0 Å². The van der Waals surface area contributed by atoms with Crippen LogP contribution >= 0.6 is 15.9 Å². The average Bonchev–Trinajstić information content (AvgIpc) is 2.68. The van der Waals surface area contributed by atoms with Gasteiger partial charge in [0.25, 0.3) is 5.91 Å². The van der Waals surface area contributed by atoms with Crippen LogP contribution in [-0.4, -0.2) is 51.2 Å². The number of amides is 1. The molecule has 138 valence electrons. The van der Waals surface area contributed by atoms with Crippen LogP contribution in [0.25, 0.3) is 0 Å². The van der Waals surface area contributed by atoms with Gasteiger partial charge in [-0.15, -0.1) is 0 Å². The van der Waals surface area contributed by atoms with E-state index in [-0.39, 0.29) is 5.91 Å². The number of rotatable bonds is 5. The number of hydrogen-bond acceptors (Lipinski definition) is 3. The van der Waals surface area contributed by atoms with Crippen LogP contribution in [0, 0.1) is 0 Å². The Morgan fingerprint density at radius 2 is 1.88 bits per heavy atom. The van der Waals surface area contributed by atoms with E-state index in [4.69, 9.17) is 9.47 Å². The highest BCUT2D eigenvalue weighted by molar-refractivity contribution is 9.10. The van der Waals surface area contributed by atoms with Gasteiger partial charge in [-0.05, 0) is 36.4 Å². The Kier molecular flexibility index (Phi) is 6.16. The Labute approximate surface area is 162 Å². The third-order valence-corrected chi connectivity index (χ3v) is 5.25.